The van der Waals surface area contributed by atoms with Gasteiger partial charge in [-0.3, -0.25) is 0 Å². The van der Waals surface area contributed by atoms with Crippen molar-refractivity contribution in [2.75, 3.05) is 0 Å². The Morgan fingerprint density at radius 1 is 0.625 bits per heavy atom. The van der Waals surface area contributed by atoms with Crippen LogP contribution < -0.4 is 0 Å². The van der Waals surface area contributed by atoms with Gasteiger partial charge in [0.1, 0.15) is 5.76 Å². The smallest absolute Gasteiger partial charge is 0.200 e. The van der Waals surface area contributed by atoms with Crippen molar-refractivity contribution >= 4 is 0 Å². The Labute approximate surface area is 135 Å². The molecule has 0 amide bonds. The molecule has 0 fully saturated rings. The van der Waals surface area contributed by atoms with Crippen LogP contribution in [-0.2, 0) is 0 Å². The third-order valence-corrected chi connectivity index (χ3v) is 3.77. The quantitative estimate of drug-likeness (QED) is 0.406. The molecule has 124 valence electrons. The van der Waals surface area contributed by atoms with E-state index in [0.29, 0.717) is 5.76 Å². The molecule has 1 aromatic heterocycles. The van der Waals surface area contributed by atoms with Gasteiger partial charge in [0.05, 0.1) is 12.2 Å². The van der Waals surface area contributed by atoms with E-state index in [1.807, 2.05) is 0 Å². The summed E-state index contributed by atoms with van der Waals surface area (Å²) in [7, 11) is 0. The summed E-state index contributed by atoms with van der Waals surface area (Å²) >= 11 is 0. The van der Waals surface area contributed by atoms with Gasteiger partial charge in [0, 0.05) is 11.1 Å². The molecular weight excluding hydrogens is 316 g/mol. The van der Waals surface area contributed by atoms with Gasteiger partial charge in [-0.1, -0.05) is 12.1 Å². The molecule has 3 aromatic rings. The Bertz CT molecular complexity index is 827. The molecule has 0 atom stereocenters. The molecule has 0 saturated carbocycles. The van der Waals surface area contributed by atoms with Crippen LogP contribution in [0.1, 0.15) is 22.8 Å². The van der Waals surface area contributed by atoms with E-state index in [2.05, 4.69) is 0 Å². The summed E-state index contributed by atoms with van der Waals surface area (Å²) in [6.45, 7) is 0. The summed E-state index contributed by atoms with van der Waals surface area (Å²) < 4.78 is 5.34. The Morgan fingerprint density at radius 3 is 1.54 bits per heavy atom. The van der Waals surface area contributed by atoms with Crippen LogP contribution in [0.15, 0.2) is 47.1 Å². The summed E-state index contributed by atoms with van der Waals surface area (Å²) in [4.78, 5) is 0. The maximum Gasteiger partial charge on any atom is 0.200 e. The van der Waals surface area contributed by atoms with E-state index < -0.39 is 40.4 Å². The monoisotopic (exact) mass is 330 g/mol. The maximum atomic E-state index is 10.2. The topological polar surface area (TPSA) is 135 Å². The lowest BCUT2D eigenvalue weighted by Gasteiger charge is -2.19. The highest BCUT2D eigenvalue weighted by atomic mass is 16.3. The second-order valence-corrected chi connectivity index (χ2v) is 5.19. The first-order valence-electron chi connectivity index (χ1n) is 6.92. The molecule has 1 heterocycles. The van der Waals surface area contributed by atoms with Crippen molar-refractivity contribution in [3.63, 3.8) is 0 Å². The lowest BCUT2D eigenvalue weighted by atomic mass is 9.87. The van der Waals surface area contributed by atoms with Crippen molar-refractivity contribution in [2.45, 2.75) is 5.92 Å². The molecule has 6 N–H and O–H groups in total. The molecule has 2 aromatic carbocycles. The third kappa shape index (κ3) is 2.32. The van der Waals surface area contributed by atoms with Crippen molar-refractivity contribution < 1.29 is 35.1 Å². The number of furan rings is 1. The van der Waals surface area contributed by atoms with E-state index in [1.165, 1.54) is 30.5 Å². The highest BCUT2D eigenvalue weighted by Crippen LogP contribution is 2.49. The highest BCUT2D eigenvalue weighted by molar-refractivity contribution is 5.62. The summed E-state index contributed by atoms with van der Waals surface area (Å²) in [5.41, 5.74) is 0.251. The van der Waals surface area contributed by atoms with Crippen molar-refractivity contribution in [3.05, 3.63) is 59.5 Å². The van der Waals surface area contributed by atoms with Crippen molar-refractivity contribution in [2.24, 2.45) is 0 Å². The van der Waals surface area contributed by atoms with Crippen LogP contribution in [0.5, 0.6) is 34.5 Å². The Balaban J connectivity index is 2.28. The van der Waals surface area contributed by atoms with Crippen LogP contribution in [0.25, 0.3) is 0 Å². The summed E-state index contributed by atoms with van der Waals surface area (Å²) in [6.07, 6.45) is 1.39. The van der Waals surface area contributed by atoms with E-state index in [1.54, 1.807) is 12.1 Å². The second kappa shape index (κ2) is 5.62. The molecule has 0 aliphatic carbocycles. The Kier molecular flexibility index (Phi) is 3.61. The zero-order valence-corrected chi connectivity index (χ0v) is 12.2. The van der Waals surface area contributed by atoms with Crippen molar-refractivity contribution in [3.8, 4) is 34.5 Å². The first-order valence-corrected chi connectivity index (χ1v) is 6.92. The van der Waals surface area contributed by atoms with Gasteiger partial charge >= 0.3 is 0 Å². The van der Waals surface area contributed by atoms with Gasteiger partial charge in [0.15, 0.2) is 23.0 Å². The zero-order chi connectivity index (χ0) is 17.4. The minimum absolute atomic E-state index is 0.126. The Morgan fingerprint density at radius 2 is 1.12 bits per heavy atom. The number of benzene rings is 2. The molecular formula is C17H14O7. The van der Waals surface area contributed by atoms with E-state index in [0.717, 1.165) is 0 Å². The summed E-state index contributed by atoms with van der Waals surface area (Å²) in [6, 6.07) is 8.23. The number of hydrogen-bond acceptors (Lipinski definition) is 7. The van der Waals surface area contributed by atoms with Crippen molar-refractivity contribution in [1.29, 1.82) is 0 Å². The molecule has 24 heavy (non-hydrogen) atoms. The van der Waals surface area contributed by atoms with E-state index >= 15 is 0 Å². The summed E-state index contributed by atoms with van der Waals surface area (Å²) in [5, 5.41) is 58.9. The fraction of sp³-hybridized carbons (Fsp3) is 0.0588. The van der Waals surface area contributed by atoms with E-state index in [9.17, 15) is 30.6 Å². The van der Waals surface area contributed by atoms with Gasteiger partial charge in [0.25, 0.3) is 0 Å². The van der Waals surface area contributed by atoms with Gasteiger partial charge in [-0.05, 0) is 24.3 Å². The van der Waals surface area contributed by atoms with Gasteiger partial charge in [-0.2, -0.15) is 0 Å². The SMILES string of the molecule is Oc1ccc(C(c2ccco2)c2ccc(O)c(O)c2O)c(O)c1O. The minimum atomic E-state index is -0.905. The minimum Gasteiger partial charge on any atom is -0.504 e. The molecule has 3 rings (SSSR count). The highest BCUT2D eigenvalue weighted by Gasteiger charge is 2.29. The number of phenols is 6. The van der Waals surface area contributed by atoms with E-state index in [-0.39, 0.29) is 11.1 Å². The fourth-order valence-corrected chi connectivity index (χ4v) is 2.56. The van der Waals surface area contributed by atoms with Gasteiger partial charge in [-0.15, -0.1) is 0 Å². The molecule has 7 heteroatoms. The van der Waals surface area contributed by atoms with Crippen LogP contribution in [0.2, 0.25) is 0 Å². The first-order chi connectivity index (χ1) is 11.4. The molecule has 0 aliphatic rings. The molecule has 7 nitrogen and oxygen atoms in total. The van der Waals surface area contributed by atoms with Crippen LogP contribution in [-0.4, -0.2) is 30.6 Å². The third-order valence-electron chi connectivity index (χ3n) is 3.77. The van der Waals surface area contributed by atoms with Gasteiger partial charge < -0.3 is 35.1 Å². The largest absolute Gasteiger partial charge is 0.504 e. The maximum absolute atomic E-state index is 10.2. The normalized spacial score (nSPS) is 11.0. The number of hydrogen-bond donors (Lipinski definition) is 6. The average molecular weight is 330 g/mol. The molecule has 0 bridgehead atoms. The lowest BCUT2D eigenvalue weighted by molar-refractivity contribution is 0.358. The molecule has 0 unspecified atom stereocenters. The predicted octanol–water partition coefficient (Wildman–Crippen LogP) is 2.69. The molecule has 0 saturated heterocycles. The first kappa shape index (κ1) is 15.4. The standard InChI is InChI=1S/C17H14O7/c18-10-5-3-8(14(20)16(10)22)13(12-2-1-7-24-12)9-4-6-11(19)17(23)15(9)21/h1-7,13,18-23H. The Hall–Kier alpha value is -3.48. The van der Waals surface area contributed by atoms with Crippen LogP contribution in [0.4, 0.5) is 0 Å². The predicted molar refractivity (Wildman–Crippen MR) is 82.5 cm³/mol. The number of aromatic hydroxyl groups is 6. The van der Waals surface area contributed by atoms with E-state index in [4.69, 9.17) is 4.42 Å². The fourth-order valence-electron chi connectivity index (χ4n) is 2.56. The number of rotatable bonds is 3. The average Bonchev–Trinajstić information content (AvgIpc) is 3.09. The van der Waals surface area contributed by atoms with Gasteiger partial charge in [-0.25, -0.2) is 0 Å². The van der Waals surface area contributed by atoms with Gasteiger partial charge in [0.2, 0.25) is 11.5 Å². The zero-order valence-electron chi connectivity index (χ0n) is 12.2. The van der Waals surface area contributed by atoms with Crippen LogP contribution in [0.3, 0.4) is 0 Å². The second-order valence-electron chi connectivity index (χ2n) is 5.19. The van der Waals surface area contributed by atoms with Crippen LogP contribution in [0, 0.1) is 0 Å². The molecule has 0 radical (unpaired) electrons. The van der Waals surface area contributed by atoms with Crippen molar-refractivity contribution in [1.82, 2.24) is 0 Å². The summed E-state index contributed by atoms with van der Waals surface area (Å²) in [5.74, 6) is -4.24. The molecule has 0 aliphatic heterocycles. The lowest BCUT2D eigenvalue weighted by Crippen LogP contribution is -2.03. The molecule has 0 spiro atoms. The van der Waals surface area contributed by atoms with Crippen LogP contribution >= 0.6 is 0 Å². The number of phenolic OH excluding ortho intramolecular Hbond substituents is 6.